The fraction of sp³-hybridized carbons (Fsp3) is 0.286. The lowest BCUT2D eigenvalue weighted by Crippen LogP contribution is -2.26. The van der Waals surface area contributed by atoms with E-state index in [4.69, 9.17) is 0 Å². The molecule has 2 rings (SSSR count). The third kappa shape index (κ3) is 4.80. The predicted molar refractivity (Wildman–Crippen MR) is 80.0 cm³/mol. The molecular formula is C14H14BrF2N3O2. The zero-order valence-electron chi connectivity index (χ0n) is 11.5. The third-order valence-electron chi connectivity index (χ3n) is 2.81. The average Bonchev–Trinajstić information content (AvgIpc) is 2.98. The highest BCUT2D eigenvalue weighted by atomic mass is 79.9. The predicted octanol–water partition coefficient (Wildman–Crippen LogP) is 3.07. The third-order valence-corrected chi connectivity index (χ3v) is 3.30. The Hall–Kier alpha value is -1.96. The molecule has 0 bridgehead atoms. The van der Waals surface area contributed by atoms with Crippen LogP contribution in [0.25, 0.3) is 0 Å². The van der Waals surface area contributed by atoms with Gasteiger partial charge >= 0.3 is 6.61 Å². The van der Waals surface area contributed by atoms with Crippen LogP contribution >= 0.6 is 15.9 Å². The number of hydrogen-bond donors (Lipinski definition) is 1. The molecule has 1 heterocycles. The standard InChI is InChI=1S/C14H14BrF2N3O2/c15-10-3-4-12(22-14(16)17)11(9-10)13(21)18-5-1-7-20-8-2-6-19-20/h2-4,6,8-9,14H,1,5,7H2,(H,18,21). The molecule has 0 spiro atoms. The molecule has 0 saturated carbocycles. The molecule has 0 atom stereocenters. The number of nitrogens with one attached hydrogen (secondary N) is 1. The first-order valence-electron chi connectivity index (χ1n) is 6.56. The Morgan fingerprint density at radius 2 is 2.27 bits per heavy atom. The Morgan fingerprint density at radius 3 is 2.95 bits per heavy atom. The van der Waals surface area contributed by atoms with Gasteiger partial charge in [-0.1, -0.05) is 15.9 Å². The number of aromatic nitrogens is 2. The summed E-state index contributed by atoms with van der Waals surface area (Å²) >= 11 is 3.20. The Balaban J connectivity index is 1.92. The molecule has 118 valence electrons. The fourth-order valence-corrected chi connectivity index (χ4v) is 2.21. The number of hydrogen-bond acceptors (Lipinski definition) is 3. The summed E-state index contributed by atoms with van der Waals surface area (Å²) in [5.41, 5.74) is 0.0637. The average molecular weight is 374 g/mol. The first-order valence-corrected chi connectivity index (χ1v) is 7.35. The van der Waals surface area contributed by atoms with Crippen molar-refractivity contribution >= 4 is 21.8 Å². The van der Waals surface area contributed by atoms with Crippen molar-refractivity contribution in [2.24, 2.45) is 0 Å². The normalized spacial score (nSPS) is 10.7. The van der Waals surface area contributed by atoms with E-state index in [0.717, 1.165) is 0 Å². The molecular weight excluding hydrogens is 360 g/mol. The van der Waals surface area contributed by atoms with E-state index in [9.17, 15) is 13.6 Å². The summed E-state index contributed by atoms with van der Waals surface area (Å²) in [7, 11) is 0. The summed E-state index contributed by atoms with van der Waals surface area (Å²) in [5.74, 6) is -0.611. The van der Waals surface area contributed by atoms with Crippen LogP contribution in [0.5, 0.6) is 5.75 Å². The van der Waals surface area contributed by atoms with Gasteiger partial charge in [0.2, 0.25) is 0 Å². The second kappa shape index (κ2) is 7.88. The van der Waals surface area contributed by atoms with Gasteiger partial charge in [-0.25, -0.2) is 0 Å². The van der Waals surface area contributed by atoms with E-state index in [0.29, 0.717) is 24.0 Å². The van der Waals surface area contributed by atoms with Gasteiger partial charge in [-0.2, -0.15) is 13.9 Å². The lowest BCUT2D eigenvalue weighted by Gasteiger charge is -2.11. The Morgan fingerprint density at radius 1 is 1.45 bits per heavy atom. The van der Waals surface area contributed by atoms with Crippen LogP contribution < -0.4 is 10.1 Å². The number of halogens is 3. The molecule has 22 heavy (non-hydrogen) atoms. The van der Waals surface area contributed by atoms with E-state index in [1.807, 2.05) is 12.3 Å². The molecule has 0 radical (unpaired) electrons. The van der Waals surface area contributed by atoms with E-state index in [1.54, 1.807) is 10.9 Å². The Bertz CT molecular complexity index is 621. The highest BCUT2D eigenvalue weighted by Crippen LogP contribution is 2.24. The van der Waals surface area contributed by atoms with Crippen LogP contribution in [0.3, 0.4) is 0 Å². The minimum Gasteiger partial charge on any atom is -0.434 e. The number of aryl methyl sites for hydroxylation is 1. The minimum absolute atomic E-state index is 0.0637. The first kappa shape index (κ1) is 16.4. The van der Waals surface area contributed by atoms with Crippen molar-refractivity contribution in [2.75, 3.05) is 6.54 Å². The zero-order valence-corrected chi connectivity index (χ0v) is 13.1. The van der Waals surface area contributed by atoms with Gasteiger partial charge in [0.1, 0.15) is 5.75 Å². The summed E-state index contributed by atoms with van der Waals surface area (Å²) < 4.78 is 31.4. The van der Waals surface area contributed by atoms with Crippen molar-refractivity contribution in [3.63, 3.8) is 0 Å². The maximum atomic E-state index is 12.4. The van der Waals surface area contributed by atoms with Crippen molar-refractivity contribution in [3.05, 3.63) is 46.7 Å². The lowest BCUT2D eigenvalue weighted by molar-refractivity contribution is -0.0501. The number of carbonyl (C=O) groups is 1. The maximum Gasteiger partial charge on any atom is 0.387 e. The molecule has 8 heteroatoms. The topological polar surface area (TPSA) is 56.2 Å². The van der Waals surface area contributed by atoms with Crippen molar-refractivity contribution in [1.82, 2.24) is 15.1 Å². The van der Waals surface area contributed by atoms with E-state index in [-0.39, 0.29) is 11.3 Å². The van der Waals surface area contributed by atoms with Crippen molar-refractivity contribution in [2.45, 2.75) is 19.6 Å². The minimum atomic E-state index is -2.98. The van der Waals surface area contributed by atoms with Gasteiger partial charge < -0.3 is 10.1 Å². The molecule has 1 amide bonds. The number of rotatable bonds is 7. The van der Waals surface area contributed by atoms with E-state index < -0.39 is 12.5 Å². The van der Waals surface area contributed by atoms with Crippen LogP contribution in [0.1, 0.15) is 16.8 Å². The molecule has 0 aliphatic carbocycles. The van der Waals surface area contributed by atoms with Crippen LogP contribution in [-0.2, 0) is 6.54 Å². The van der Waals surface area contributed by atoms with Gasteiger partial charge in [-0.3, -0.25) is 9.48 Å². The van der Waals surface area contributed by atoms with Gasteiger partial charge in [-0.05, 0) is 30.7 Å². The molecule has 5 nitrogen and oxygen atoms in total. The molecule has 0 fully saturated rings. The molecule has 0 unspecified atom stereocenters. The van der Waals surface area contributed by atoms with Gasteiger partial charge in [0.15, 0.2) is 0 Å². The number of amides is 1. The number of alkyl halides is 2. The van der Waals surface area contributed by atoms with Crippen molar-refractivity contribution in [3.8, 4) is 5.75 Å². The number of carbonyl (C=O) groups excluding carboxylic acids is 1. The molecule has 2 aromatic rings. The number of ether oxygens (including phenoxy) is 1. The quantitative estimate of drug-likeness (QED) is 0.758. The van der Waals surface area contributed by atoms with Gasteiger partial charge in [0.05, 0.1) is 5.56 Å². The molecule has 0 aliphatic rings. The van der Waals surface area contributed by atoms with Crippen LogP contribution in [0, 0.1) is 0 Å². The molecule has 1 aromatic carbocycles. The molecule has 1 aromatic heterocycles. The van der Waals surface area contributed by atoms with Gasteiger partial charge in [0, 0.05) is 30.0 Å². The van der Waals surface area contributed by atoms with Gasteiger partial charge in [0.25, 0.3) is 5.91 Å². The fourth-order valence-electron chi connectivity index (χ4n) is 1.85. The highest BCUT2D eigenvalue weighted by Gasteiger charge is 2.16. The van der Waals surface area contributed by atoms with Crippen LogP contribution in [0.4, 0.5) is 8.78 Å². The number of nitrogens with zero attached hydrogens (tertiary/aromatic N) is 2. The monoisotopic (exact) mass is 373 g/mol. The molecule has 0 saturated heterocycles. The molecule has 0 aliphatic heterocycles. The summed E-state index contributed by atoms with van der Waals surface area (Å²) in [5, 5.41) is 6.72. The zero-order chi connectivity index (χ0) is 15.9. The summed E-state index contributed by atoms with van der Waals surface area (Å²) in [6.45, 7) is -1.92. The van der Waals surface area contributed by atoms with Crippen LogP contribution in [-0.4, -0.2) is 28.8 Å². The van der Waals surface area contributed by atoms with E-state index in [1.165, 1.54) is 18.2 Å². The summed E-state index contributed by atoms with van der Waals surface area (Å²) in [6, 6.07) is 6.12. The van der Waals surface area contributed by atoms with Crippen LogP contribution in [0.15, 0.2) is 41.1 Å². The van der Waals surface area contributed by atoms with Crippen molar-refractivity contribution in [1.29, 1.82) is 0 Å². The second-order valence-electron chi connectivity index (χ2n) is 4.40. The lowest BCUT2D eigenvalue weighted by atomic mass is 10.2. The van der Waals surface area contributed by atoms with Gasteiger partial charge in [-0.15, -0.1) is 0 Å². The second-order valence-corrected chi connectivity index (χ2v) is 5.31. The maximum absolute atomic E-state index is 12.4. The summed E-state index contributed by atoms with van der Waals surface area (Å²) in [6.07, 6.45) is 4.17. The smallest absolute Gasteiger partial charge is 0.387 e. The largest absolute Gasteiger partial charge is 0.434 e. The Labute approximate surface area is 134 Å². The number of benzene rings is 1. The van der Waals surface area contributed by atoms with E-state index in [2.05, 4.69) is 31.1 Å². The van der Waals surface area contributed by atoms with E-state index >= 15 is 0 Å². The SMILES string of the molecule is O=C(NCCCn1cccn1)c1cc(Br)ccc1OC(F)F. The summed E-state index contributed by atoms with van der Waals surface area (Å²) in [4.78, 5) is 12.1. The first-order chi connectivity index (χ1) is 10.6. The van der Waals surface area contributed by atoms with Crippen LogP contribution in [0.2, 0.25) is 0 Å². The molecule has 1 N–H and O–H groups in total. The highest BCUT2D eigenvalue weighted by molar-refractivity contribution is 9.10. The Kier molecular flexibility index (Phi) is 5.88. The van der Waals surface area contributed by atoms with Crippen molar-refractivity contribution < 1.29 is 18.3 Å².